The fourth-order valence-electron chi connectivity index (χ4n) is 0.674. The van der Waals surface area contributed by atoms with Crippen LogP contribution in [0.2, 0.25) is 0 Å². The van der Waals surface area contributed by atoms with E-state index in [0.717, 1.165) is 12.8 Å². The molecule has 0 rings (SSSR count). The molecule has 0 aliphatic rings. The Balaban J connectivity index is 3.36. The van der Waals surface area contributed by atoms with Crippen LogP contribution in [0.4, 0.5) is 0 Å². The smallest absolute Gasteiger partial charge is 0.0592 e. The van der Waals surface area contributed by atoms with Crippen molar-refractivity contribution in [3.63, 3.8) is 0 Å². The molecule has 1 unspecified atom stereocenters. The Hall–Kier alpha value is 0.310. The van der Waals surface area contributed by atoms with Gasteiger partial charge in [0.2, 0.25) is 0 Å². The first-order chi connectivity index (χ1) is 4.45. The highest BCUT2D eigenvalue weighted by Gasteiger charge is 2.13. The molecule has 0 aromatic carbocycles. The van der Waals surface area contributed by atoms with Crippen LogP contribution in [-0.4, -0.2) is 22.2 Å². The van der Waals surface area contributed by atoms with Crippen molar-refractivity contribution >= 4 is 11.8 Å². The van der Waals surface area contributed by atoms with Gasteiger partial charge in [-0.2, -0.15) is 11.8 Å². The number of hydrogen-bond donors (Lipinski definition) is 1. The molecule has 62 valence electrons. The summed E-state index contributed by atoms with van der Waals surface area (Å²) in [7, 11) is 0. The van der Waals surface area contributed by atoms with Gasteiger partial charge >= 0.3 is 0 Å². The lowest BCUT2D eigenvalue weighted by atomic mass is 10.0. The molecule has 0 aliphatic heterocycles. The van der Waals surface area contributed by atoms with E-state index >= 15 is 0 Å². The lowest BCUT2D eigenvalue weighted by Gasteiger charge is -2.18. The van der Waals surface area contributed by atoms with E-state index in [0.29, 0.717) is 5.25 Å². The van der Waals surface area contributed by atoms with Crippen molar-refractivity contribution in [1.29, 1.82) is 0 Å². The summed E-state index contributed by atoms with van der Waals surface area (Å²) in [6.07, 6.45) is 4.11. The number of rotatable bonds is 4. The second-order valence-electron chi connectivity index (χ2n) is 3.40. The SMILES string of the molecule is CSC(C)CCC(C)(C)O. The molecule has 0 aromatic rings. The minimum atomic E-state index is -0.482. The van der Waals surface area contributed by atoms with E-state index in [1.807, 2.05) is 25.6 Å². The third-order valence-electron chi connectivity index (χ3n) is 1.57. The van der Waals surface area contributed by atoms with E-state index in [4.69, 9.17) is 0 Å². The van der Waals surface area contributed by atoms with Crippen molar-refractivity contribution < 1.29 is 5.11 Å². The van der Waals surface area contributed by atoms with Gasteiger partial charge in [-0.15, -0.1) is 0 Å². The van der Waals surface area contributed by atoms with Gasteiger partial charge in [0.05, 0.1) is 5.60 Å². The molecule has 0 amide bonds. The van der Waals surface area contributed by atoms with Crippen LogP contribution in [0.3, 0.4) is 0 Å². The zero-order chi connectivity index (χ0) is 8.20. The van der Waals surface area contributed by atoms with Gasteiger partial charge in [-0.1, -0.05) is 6.92 Å². The van der Waals surface area contributed by atoms with E-state index in [2.05, 4.69) is 13.2 Å². The molecular weight excluding hydrogens is 144 g/mol. The van der Waals surface area contributed by atoms with Gasteiger partial charge < -0.3 is 5.11 Å². The normalized spacial score (nSPS) is 15.3. The van der Waals surface area contributed by atoms with E-state index in [1.165, 1.54) is 0 Å². The molecule has 0 saturated carbocycles. The average molecular weight is 162 g/mol. The Morgan fingerprint density at radius 3 is 2.30 bits per heavy atom. The first-order valence-corrected chi connectivity index (χ1v) is 4.99. The molecule has 1 nitrogen and oxygen atoms in total. The van der Waals surface area contributed by atoms with Crippen LogP contribution in [0.25, 0.3) is 0 Å². The Bertz CT molecular complexity index is 85.7. The Morgan fingerprint density at radius 2 is 2.00 bits per heavy atom. The molecule has 0 spiro atoms. The van der Waals surface area contributed by atoms with Crippen molar-refractivity contribution in [2.24, 2.45) is 0 Å². The zero-order valence-corrected chi connectivity index (χ0v) is 8.16. The topological polar surface area (TPSA) is 20.2 Å². The summed E-state index contributed by atoms with van der Waals surface area (Å²) in [6, 6.07) is 0. The maximum absolute atomic E-state index is 9.35. The second kappa shape index (κ2) is 4.24. The highest BCUT2D eigenvalue weighted by Crippen LogP contribution is 2.17. The standard InChI is InChI=1S/C8H18OS/c1-7(10-4)5-6-8(2,3)9/h7,9H,5-6H2,1-4H3. The number of thioether (sulfide) groups is 1. The van der Waals surface area contributed by atoms with Gasteiger partial charge in [0, 0.05) is 5.25 Å². The third kappa shape index (κ3) is 6.43. The fraction of sp³-hybridized carbons (Fsp3) is 1.00. The summed E-state index contributed by atoms with van der Waals surface area (Å²) in [6.45, 7) is 5.91. The van der Waals surface area contributed by atoms with Crippen LogP contribution in [0.5, 0.6) is 0 Å². The predicted molar refractivity (Wildman–Crippen MR) is 48.5 cm³/mol. The fourth-order valence-corrected chi connectivity index (χ4v) is 1.03. The summed E-state index contributed by atoms with van der Waals surface area (Å²) in [5.74, 6) is 0. The van der Waals surface area contributed by atoms with E-state index in [1.54, 1.807) is 0 Å². The van der Waals surface area contributed by atoms with Gasteiger partial charge in [0.15, 0.2) is 0 Å². The molecule has 0 radical (unpaired) electrons. The Labute approximate surface area is 68.2 Å². The van der Waals surface area contributed by atoms with Crippen LogP contribution >= 0.6 is 11.8 Å². The summed E-state index contributed by atoms with van der Waals surface area (Å²) in [5, 5.41) is 10.0. The van der Waals surface area contributed by atoms with Crippen molar-refractivity contribution in [3.8, 4) is 0 Å². The lowest BCUT2D eigenvalue weighted by Crippen LogP contribution is -2.19. The molecule has 1 atom stereocenters. The van der Waals surface area contributed by atoms with Crippen LogP contribution in [0.1, 0.15) is 33.6 Å². The third-order valence-corrected chi connectivity index (χ3v) is 2.61. The second-order valence-corrected chi connectivity index (χ2v) is 4.67. The number of aliphatic hydroxyl groups is 1. The van der Waals surface area contributed by atoms with Crippen molar-refractivity contribution in [2.45, 2.75) is 44.5 Å². The maximum atomic E-state index is 9.35. The van der Waals surface area contributed by atoms with Crippen molar-refractivity contribution in [1.82, 2.24) is 0 Å². The van der Waals surface area contributed by atoms with Crippen molar-refractivity contribution in [2.75, 3.05) is 6.26 Å². The molecule has 0 bridgehead atoms. The highest BCUT2D eigenvalue weighted by molar-refractivity contribution is 7.99. The molecule has 0 aromatic heterocycles. The van der Waals surface area contributed by atoms with Gasteiger partial charge in [-0.3, -0.25) is 0 Å². The molecule has 1 N–H and O–H groups in total. The number of hydrogen-bond acceptors (Lipinski definition) is 2. The van der Waals surface area contributed by atoms with Crippen LogP contribution in [0.15, 0.2) is 0 Å². The molecule has 0 saturated heterocycles. The van der Waals surface area contributed by atoms with Gasteiger partial charge in [0.1, 0.15) is 0 Å². The molecule has 0 fully saturated rings. The quantitative estimate of drug-likeness (QED) is 0.684. The molecule has 2 heteroatoms. The minimum Gasteiger partial charge on any atom is -0.390 e. The summed E-state index contributed by atoms with van der Waals surface area (Å²) >= 11 is 1.85. The summed E-state index contributed by atoms with van der Waals surface area (Å²) < 4.78 is 0. The van der Waals surface area contributed by atoms with Gasteiger partial charge in [-0.05, 0) is 32.9 Å². The average Bonchev–Trinajstić information content (AvgIpc) is 1.81. The first-order valence-electron chi connectivity index (χ1n) is 3.71. The Kier molecular flexibility index (Phi) is 4.37. The van der Waals surface area contributed by atoms with Gasteiger partial charge in [0.25, 0.3) is 0 Å². The van der Waals surface area contributed by atoms with Crippen LogP contribution < -0.4 is 0 Å². The summed E-state index contributed by atoms with van der Waals surface area (Å²) in [4.78, 5) is 0. The van der Waals surface area contributed by atoms with E-state index in [9.17, 15) is 5.11 Å². The minimum absolute atomic E-state index is 0.482. The van der Waals surface area contributed by atoms with E-state index in [-0.39, 0.29) is 0 Å². The molecule has 0 aliphatic carbocycles. The lowest BCUT2D eigenvalue weighted by molar-refractivity contribution is 0.0690. The summed E-state index contributed by atoms with van der Waals surface area (Å²) in [5.41, 5.74) is -0.482. The largest absolute Gasteiger partial charge is 0.390 e. The van der Waals surface area contributed by atoms with Crippen LogP contribution in [-0.2, 0) is 0 Å². The van der Waals surface area contributed by atoms with Gasteiger partial charge in [-0.25, -0.2) is 0 Å². The zero-order valence-electron chi connectivity index (χ0n) is 7.35. The van der Waals surface area contributed by atoms with E-state index < -0.39 is 5.60 Å². The predicted octanol–water partition coefficient (Wildman–Crippen LogP) is 2.29. The Morgan fingerprint density at radius 1 is 1.50 bits per heavy atom. The first kappa shape index (κ1) is 10.3. The molecule has 0 heterocycles. The van der Waals surface area contributed by atoms with Crippen molar-refractivity contribution in [3.05, 3.63) is 0 Å². The highest BCUT2D eigenvalue weighted by atomic mass is 32.2. The van der Waals surface area contributed by atoms with Crippen LogP contribution in [0, 0.1) is 0 Å². The molecule has 10 heavy (non-hydrogen) atoms. The monoisotopic (exact) mass is 162 g/mol. The maximum Gasteiger partial charge on any atom is 0.0592 e. The molecular formula is C8H18OS.